The number of carbonyl (C=O) groups excluding carboxylic acids is 1. The zero-order valence-corrected chi connectivity index (χ0v) is 12.5. The lowest BCUT2D eigenvalue weighted by atomic mass is 10.1. The van der Waals surface area contributed by atoms with E-state index in [1.807, 2.05) is 0 Å². The fraction of sp³-hybridized carbons (Fsp3) is 0.500. The first-order valence-corrected chi connectivity index (χ1v) is 6.51. The van der Waals surface area contributed by atoms with Crippen LogP contribution in [0.2, 0.25) is 0 Å². The Kier molecular flexibility index (Phi) is 5.95. The quantitative estimate of drug-likeness (QED) is 0.425. The van der Waals surface area contributed by atoms with Crippen LogP contribution >= 0.6 is 0 Å². The molecule has 0 saturated carbocycles. The minimum Gasteiger partial charge on any atom is -0.497 e. The van der Waals surface area contributed by atoms with Gasteiger partial charge in [-0.3, -0.25) is 14.9 Å². The third-order valence-electron chi connectivity index (χ3n) is 3.04. The number of esters is 1. The molecule has 0 aromatic carbocycles. The van der Waals surface area contributed by atoms with Crippen molar-refractivity contribution in [3.63, 3.8) is 0 Å². The molecule has 0 saturated heterocycles. The van der Waals surface area contributed by atoms with Gasteiger partial charge in [-0.1, -0.05) is 6.92 Å². The molecular formula is C14H19NO6. The van der Waals surface area contributed by atoms with Crippen molar-refractivity contribution < 1.29 is 23.9 Å². The zero-order chi connectivity index (χ0) is 16.0. The molecule has 1 rings (SSSR count). The summed E-state index contributed by atoms with van der Waals surface area (Å²) >= 11 is 0. The van der Waals surface area contributed by atoms with E-state index in [0.29, 0.717) is 11.5 Å². The molecule has 1 atom stereocenters. The molecule has 0 N–H and O–H groups in total. The lowest BCUT2D eigenvalue weighted by Gasteiger charge is -2.15. The molecule has 7 nitrogen and oxygen atoms in total. The zero-order valence-electron chi connectivity index (χ0n) is 12.5. The number of methoxy groups -OCH3 is 2. The van der Waals surface area contributed by atoms with E-state index in [1.54, 1.807) is 13.8 Å². The van der Waals surface area contributed by atoms with Gasteiger partial charge in [-0.05, 0) is 13.0 Å². The van der Waals surface area contributed by atoms with Crippen molar-refractivity contribution in [3.8, 4) is 0 Å². The molecule has 0 bridgehead atoms. The average molecular weight is 297 g/mol. The second kappa shape index (κ2) is 7.47. The van der Waals surface area contributed by atoms with Gasteiger partial charge in [0, 0.05) is 18.9 Å². The minimum atomic E-state index is -0.754. The number of ether oxygens (including phenoxy) is 3. The maximum atomic E-state index is 11.4. The summed E-state index contributed by atoms with van der Waals surface area (Å²) in [6.07, 6.45) is 2.58. The largest absolute Gasteiger partial charge is 0.497 e. The molecule has 0 spiro atoms. The normalized spacial score (nSPS) is 16.4. The first-order valence-electron chi connectivity index (χ1n) is 6.51. The number of nitrogens with zero attached hydrogens (tertiary/aromatic N) is 1. The van der Waals surface area contributed by atoms with Gasteiger partial charge in [0.15, 0.2) is 5.76 Å². The fourth-order valence-electron chi connectivity index (χ4n) is 1.91. The number of allylic oxidation sites excluding steroid dienone is 2. The molecule has 21 heavy (non-hydrogen) atoms. The SMILES string of the molecule is CCC(=O)OC(C)C1=CC(OC)=C(OC)CC=C1[N+](=O)[O-]. The highest BCUT2D eigenvalue weighted by Gasteiger charge is 2.28. The van der Waals surface area contributed by atoms with E-state index in [-0.39, 0.29) is 24.1 Å². The van der Waals surface area contributed by atoms with Crippen LogP contribution in [0.1, 0.15) is 26.7 Å². The summed E-state index contributed by atoms with van der Waals surface area (Å²) in [6, 6.07) is 0. The van der Waals surface area contributed by atoms with Crippen molar-refractivity contribution in [1.82, 2.24) is 0 Å². The first kappa shape index (κ1) is 16.7. The third kappa shape index (κ3) is 4.08. The Hall–Kier alpha value is -2.31. The van der Waals surface area contributed by atoms with Gasteiger partial charge in [0.2, 0.25) is 0 Å². The molecule has 0 fully saturated rings. The van der Waals surface area contributed by atoms with Gasteiger partial charge in [-0.2, -0.15) is 0 Å². The Morgan fingerprint density at radius 2 is 2.10 bits per heavy atom. The van der Waals surface area contributed by atoms with E-state index >= 15 is 0 Å². The second-order valence-electron chi connectivity index (χ2n) is 4.33. The highest BCUT2D eigenvalue weighted by molar-refractivity contribution is 5.69. The number of hydrogen-bond donors (Lipinski definition) is 0. The molecule has 0 aromatic rings. The van der Waals surface area contributed by atoms with Gasteiger partial charge >= 0.3 is 5.97 Å². The van der Waals surface area contributed by atoms with E-state index in [2.05, 4.69) is 0 Å². The first-order chi connectivity index (χ1) is 9.94. The topological polar surface area (TPSA) is 87.9 Å². The van der Waals surface area contributed by atoms with Gasteiger partial charge in [0.05, 0.1) is 24.7 Å². The van der Waals surface area contributed by atoms with Crippen LogP contribution in [-0.2, 0) is 19.0 Å². The maximum Gasteiger partial charge on any atom is 0.306 e. The molecule has 0 heterocycles. The van der Waals surface area contributed by atoms with Crippen LogP contribution in [0.3, 0.4) is 0 Å². The molecule has 1 aliphatic rings. The summed E-state index contributed by atoms with van der Waals surface area (Å²) in [5, 5.41) is 11.2. The van der Waals surface area contributed by atoms with Crippen LogP contribution in [0.5, 0.6) is 0 Å². The van der Waals surface area contributed by atoms with Crippen molar-refractivity contribution in [2.75, 3.05) is 14.2 Å². The number of carbonyl (C=O) groups is 1. The molecule has 0 amide bonds. The third-order valence-corrected chi connectivity index (χ3v) is 3.04. The summed E-state index contributed by atoms with van der Waals surface area (Å²) in [6.45, 7) is 3.24. The van der Waals surface area contributed by atoms with E-state index in [4.69, 9.17) is 14.2 Å². The minimum absolute atomic E-state index is 0.118. The van der Waals surface area contributed by atoms with Crippen LogP contribution in [0.25, 0.3) is 0 Å². The highest BCUT2D eigenvalue weighted by atomic mass is 16.6. The van der Waals surface area contributed by atoms with Crippen molar-refractivity contribution in [3.05, 3.63) is 45.1 Å². The summed E-state index contributed by atoms with van der Waals surface area (Å²) in [5.41, 5.74) is 0.152. The second-order valence-corrected chi connectivity index (χ2v) is 4.33. The lowest BCUT2D eigenvalue weighted by molar-refractivity contribution is -0.421. The van der Waals surface area contributed by atoms with Gasteiger partial charge < -0.3 is 14.2 Å². The smallest absolute Gasteiger partial charge is 0.306 e. The van der Waals surface area contributed by atoms with Crippen LogP contribution in [0, 0.1) is 10.1 Å². The molecular weight excluding hydrogens is 278 g/mol. The van der Waals surface area contributed by atoms with Gasteiger partial charge in [0.1, 0.15) is 11.9 Å². The fourth-order valence-corrected chi connectivity index (χ4v) is 1.91. The Balaban J connectivity index is 3.23. The van der Waals surface area contributed by atoms with E-state index in [0.717, 1.165) is 0 Å². The molecule has 1 unspecified atom stereocenters. The van der Waals surface area contributed by atoms with Gasteiger partial charge in [0.25, 0.3) is 5.70 Å². The Morgan fingerprint density at radius 1 is 1.43 bits per heavy atom. The van der Waals surface area contributed by atoms with Crippen LogP contribution in [0.4, 0.5) is 0 Å². The monoisotopic (exact) mass is 297 g/mol. The molecule has 0 aromatic heterocycles. The van der Waals surface area contributed by atoms with Crippen molar-refractivity contribution >= 4 is 5.97 Å². The predicted molar refractivity (Wildman–Crippen MR) is 74.7 cm³/mol. The summed E-state index contributed by atoms with van der Waals surface area (Å²) in [5.74, 6) is 0.422. The van der Waals surface area contributed by atoms with Crippen LogP contribution < -0.4 is 0 Å². The molecule has 0 radical (unpaired) electrons. The highest BCUT2D eigenvalue weighted by Crippen LogP contribution is 2.27. The van der Waals surface area contributed by atoms with Crippen molar-refractivity contribution in [1.29, 1.82) is 0 Å². The summed E-state index contributed by atoms with van der Waals surface area (Å²) < 4.78 is 15.5. The van der Waals surface area contributed by atoms with E-state index < -0.39 is 17.0 Å². The molecule has 7 heteroatoms. The van der Waals surface area contributed by atoms with Gasteiger partial charge in [-0.15, -0.1) is 0 Å². The summed E-state index contributed by atoms with van der Waals surface area (Å²) in [7, 11) is 2.91. The average Bonchev–Trinajstić information content (AvgIpc) is 2.65. The number of rotatable bonds is 6. The maximum absolute atomic E-state index is 11.4. The van der Waals surface area contributed by atoms with Gasteiger partial charge in [-0.25, -0.2) is 0 Å². The summed E-state index contributed by atoms with van der Waals surface area (Å²) in [4.78, 5) is 22.1. The van der Waals surface area contributed by atoms with Crippen LogP contribution in [0.15, 0.2) is 34.9 Å². The standard InChI is InChI=1S/C14H19NO6/c1-5-14(16)21-9(2)10-8-13(20-4)12(19-3)7-6-11(10)15(17)18/h6,8-9H,5,7H2,1-4H3. The van der Waals surface area contributed by atoms with Crippen molar-refractivity contribution in [2.45, 2.75) is 32.8 Å². The Labute approximate surface area is 123 Å². The molecule has 116 valence electrons. The Bertz CT molecular complexity index is 518. The van der Waals surface area contributed by atoms with Crippen LogP contribution in [-0.4, -0.2) is 31.2 Å². The van der Waals surface area contributed by atoms with Crippen molar-refractivity contribution in [2.24, 2.45) is 0 Å². The number of hydrogen-bond acceptors (Lipinski definition) is 6. The molecule has 1 aliphatic carbocycles. The van der Waals surface area contributed by atoms with E-state index in [1.165, 1.54) is 26.4 Å². The number of nitro groups is 1. The molecule has 0 aliphatic heterocycles. The van der Waals surface area contributed by atoms with E-state index in [9.17, 15) is 14.9 Å². The Morgan fingerprint density at radius 3 is 2.57 bits per heavy atom. The lowest BCUT2D eigenvalue weighted by Crippen LogP contribution is -2.20. The predicted octanol–water partition coefficient (Wildman–Crippen LogP) is 2.32.